The first kappa shape index (κ1) is 13.1. The van der Waals surface area contributed by atoms with Crippen molar-refractivity contribution in [3.8, 4) is 0 Å². The van der Waals surface area contributed by atoms with E-state index in [-0.39, 0.29) is 11.7 Å². The number of carboxylic acid groups (broad SMARTS) is 1. The molecule has 0 bridgehead atoms. The van der Waals surface area contributed by atoms with Gasteiger partial charge in [-0.15, -0.1) is 0 Å². The third-order valence-corrected chi connectivity index (χ3v) is 2.12. The second-order valence-corrected chi connectivity index (χ2v) is 3.87. The van der Waals surface area contributed by atoms with E-state index in [0.717, 1.165) is 6.54 Å². The summed E-state index contributed by atoms with van der Waals surface area (Å²) in [7, 11) is 3.81. The summed E-state index contributed by atoms with van der Waals surface area (Å²) in [5.74, 6) is -1.13. The van der Waals surface area contributed by atoms with Crippen LogP contribution in [-0.4, -0.2) is 42.4 Å². The zero-order chi connectivity index (χ0) is 11.1. The first-order valence-electron chi connectivity index (χ1n) is 4.80. The van der Waals surface area contributed by atoms with E-state index < -0.39 is 5.97 Å². The van der Waals surface area contributed by atoms with Crippen molar-refractivity contribution in [1.82, 2.24) is 4.90 Å². The zero-order valence-corrected chi connectivity index (χ0v) is 9.12. The van der Waals surface area contributed by atoms with Crippen LogP contribution < -0.4 is 0 Å². The van der Waals surface area contributed by atoms with Crippen LogP contribution in [0, 0.1) is 5.92 Å². The molecule has 0 fully saturated rings. The number of carbonyl (C=O) groups is 2. The highest BCUT2D eigenvalue weighted by Crippen LogP contribution is 2.12. The average molecular weight is 201 g/mol. The maximum atomic E-state index is 10.8. The van der Waals surface area contributed by atoms with Crippen LogP contribution in [-0.2, 0) is 9.59 Å². The van der Waals surface area contributed by atoms with Crippen LogP contribution in [0.2, 0.25) is 0 Å². The lowest BCUT2D eigenvalue weighted by atomic mass is 9.98. The average Bonchev–Trinajstić information content (AvgIpc) is 2.02. The van der Waals surface area contributed by atoms with Gasteiger partial charge in [-0.3, -0.25) is 4.79 Å². The Morgan fingerprint density at radius 3 is 2.21 bits per heavy atom. The molecule has 0 aliphatic carbocycles. The van der Waals surface area contributed by atoms with Gasteiger partial charge in [0.25, 0.3) is 0 Å². The molecule has 82 valence electrons. The number of ketones is 1. The van der Waals surface area contributed by atoms with Crippen molar-refractivity contribution in [1.29, 1.82) is 0 Å². The van der Waals surface area contributed by atoms with Gasteiger partial charge in [-0.25, -0.2) is 0 Å². The number of nitrogens with zero attached hydrogens (tertiary/aromatic N) is 1. The lowest BCUT2D eigenvalue weighted by Crippen LogP contribution is -2.22. The van der Waals surface area contributed by atoms with Gasteiger partial charge in [0.1, 0.15) is 5.78 Å². The van der Waals surface area contributed by atoms with E-state index in [1.54, 1.807) is 0 Å². The minimum atomic E-state index is -0.798. The zero-order valence-electron chi connectivity index (χ0n) is 9.12. The first-order valence-corrected chi connectivity index (χ1v) is 4.80. The van der Waals surface area contributed by atoms with Crippen molar-refractivity contribution in [3.63, 3.8) is 0 Å². The third-order valence-electron chi connectivity index (χ3n) is 2.12. The number of Topliss-reactive ketones (excluding diaryl/α,β-unsaturated/α-hetero) is 1. The van der Waals surface area contributed by atoms with Crippen LogP contribution in [0.1, 0.15) is 26.2 Å². The predicted octanol–water partition coefficient (Wildman–Crippen LogP) is 1.01. The second kappa shape index (κ2) is 6.54. The normalized spacial score (nSPS) is 12.9. The molecular weight excluding hydrogens is 182 g/mol. The molecule has 0 saturated carbocycles. The van der Waals surface area contributed by atoms with Crippen molar-refractivity contribution in [3.05, 3.63) is 0 Å². The summed E-state index contributed by atoms with van der Waals surface area (Å²) in [6, 6.07) is 0. The molecule has 0 aliphatic heterocycles. The van der Waals surface area contributed by atoms with Crippen LogP contribution in [0.5, 0.6) is 0 Å². The fourth-order valence-electron chi connectivity index (χ4n) is 1.18. The van der Waals surface area contributed by atoms with Crippen molar-refractivity contribution < 1.29 is 14.7 Å². The van der Waals surface area contributed by atoms with Gasteiger partial charge < -0.3 is 14.8 Å². The van der Waals surface area contributed by atoms with E-state index in [2.05, 4.69) is 0 Å². The quantitative estimate of drug-likeness (QED) is 0.667. The van der Waals surface area contributed by atoms with E-state index in [4.69, 9.17) is 5.11 Å². The highest BCUT2D eigenvalue weighted by molar-refractivity contribution is 5.76. The molecule has 0 aromatic carbocycles. The van der Waals surface area contributed by atoms with Crippen molar-refractivity contribution in [2.75, 3.05) is 20.6 Å². The molecule has 1 unspecified atom stereocenters. The number of rotatable bonds is 7. The Morgan fingerprint density at radius 2 is 1.86 bits per heavy atom. The monoisotopic (exact) mass is 201 g/mol. The molecule has 1 atom stereocenters. The molecule has 4 nitrogen and oxygen atoms in total. The number of aliphatic carboxylic acids is 1. The Hall–Kier alpha value is -0.900. The highest BCUT2D eigenvalue weighted by Gasteiger charge is 2.17. The van der Waals surface area contributed by atoms with Gasteiger partial charge in [-0.1, -0.05) is 0 Å². The molecule has 0 rings (SSSR count). The summed E-state index contributed by atoms with van der Waals surface area (Å²) in [6.45, 7) is 2.24. The maximum Gasteiger partial charge on any atom is 0.306 e. The van der Waals surface area contributed by atoms with Crippen LogP contribution in [0.25, 0.3) is 0 Å². The molecule has 0 aromatic heterocycles. The molecule has 0 spiro atoms. The summed E-state index contributed by atoms with van der Waals surface area (Å²) in [6.07, 6.45) is 1.43. The van der Waals surface area contributed by atoms with Gasteiger partial charge in [-0.05, 0) is 40.4 Å². The van der Waals surface area contributed by atoms with Gasteiger partial charge >= 0.3 is 5.97 Å². The molecule has 0 aromatic rings. The molecular formula is C10H19NO3. The number of hydrogen-bond acceptors (Lipinski definition) is 3. The highest BCUT2D eigenvalue weighted by atomic mass is 16.4. The summed E-state index contributed by atoms with van der Waals surface area (Å²) in [4.78, 5) is 23.4. The largest absolute Gasteiger partial charge is 0.481 e. The Kier molecular flexibility index (Phi) is 6.12. The molecule has 0 saturated heterocycles. The van der Waals surface area contributed by atoms with Crippen molar-refractivity contribution in [2.24, 2.45) is 5.92 Å². The van der Waals surface area contributed by atoms with Gasteiger partial charge in [0.05, 0.1) is 5.92 Å². The van der Waals surface area contributed by atoms with E-state index in [1.807, 2.05) is 19.0 Å². The van der Waals surface area contributed by atoms with E-state index in [1.165, 1.54) is 6.92 Å². The fraction of sp³-hybridized carbons (Fsp3) is 0.800. The topological polar surface area (TPSA) is 57.6 Å². The summed E-state index contributed by atoms with van der Waals surface area (Å²) < 4.78 is 0. The molecule has 1 N–H and O–H groups in total. The molecule has 14 heavy (non-hydrogen) atoms. The second-order valence-electron chi connectivity index (χ2n) is 3.87. The van der Waals surface area contributed by atoms with Crippen LogP contribution >= 0.6 is 0 Å². The predicted molar refractivity (Wildman–Crippen MR) is 54.2 cm³/mol. The van der Waals surface area contributed by atoms with Gasteiger partial charge in [-0.2, -0.15) is 0 Å². The lowest BCUT2D eigenvalue weighted by Gasteiger charge is -2.14. The fourth-order valence-corrected chi connectivity index (χ4v) is 1.18. The smallest absolute Gasteiger partial charge is 0.306 e. The third kappa shape index (κ3) is 6.60. The maximum absolute atomic E-state index is 10.8. The Balaban J connectivity index is 3.90. The molecule has 4 heteroatoms. The Morgan fingerprint density at radius 1 is 1.29 bits per heavy atom. The van der Waals surface area contributed by atoms with Crippen molar-refractivity contribution >= 4 is 11.8 Å². The number of carboxylic acids is 1. The van der Waals surface area contributed by atoms with E-state index in [0.29, 0.717) is 19.3 Å². The van der Waals surface area contributed by atoms with E-state index >= 15 is 0 Å². The van der Waals surface area contributed by atoms with Gasteiger partial charge in [0.2, 0.25) is 0 Å². The van der Waals surface area contributed by atoms with Gasteiger partial charge in [0.15, 0.2) is 0 Å². The van der Waals surface area contributed by atoms with Crippen molar-refractivity contribution in [2.45, 2.75) is 26.2 Å². The lowest BCUT2D eigenvalue weighted by molar-refractivity contribution is -0.142. The van der Waals surface area contributed by atoms with Crippen LogP contribution in [0.3, 0.4) is 0 Å². The molecule has 0 amide bonds. The van der Waals surface area contributed by atoms with Crippen LogP contribution in [0.15, 0.2) is 0 Å². The summed E-state index contributed by atoms with van der Waals surface area (Å²) in [5, 5.41) is 8.87. The SMILES string of the molecule is CC(=O)CCC(CCN(C)C)C(=O)O. The number of carbonyl (C=O) groups excluding carboxylic acids is 1. The minimum Gasteiger partial charge on any atom is -0.481 e. The van der Waals surface area contributed by atoms with Gasteiger partial charge in [0, 0.05) is 6.42 Å². The number of hydrogen-bond donors (Lipinski definition) is 1. The first-order chi connectivity index (χ1) is 6.43. The van der Waals surface area contributed by atoms with E-state index in [9.17, 15) is 9.59 Å². The standard InChI is InChI=1S/C10H19NO3/c1-8(12)4-5-9(10(13)14)6-7-11(2)3/h9H,4-7H2,1-3H3,(H,13,14). The Bertz CT molecular complexity index is 202. The molecule has 0 radical (unpaired) electrons. The summed E-state index contributed by atoms with van der Waals surface area (Å²) >= 11 is 0. The Labute approximate surface area is 84.9 Å². The minimum absolute atomic E-state index is 0.0566. The summed E-state index contributed by atoms with van der Waals surface area (Å²) in [5.41, 5.74) is 0. The van der Waals surface area contributed by atoms with Crippen LogP contribution in [0.4, 0.5) is 0 Å². The molecule has 0 aliphatic rings. The molecule has 0 heterocycles.